The van der Waals surface area contributed by atoms with Crippen molar-refractivity contribution in [3.05, 3.63) is 0 Å². The Hall–Kier alpha value is -0.610. The molecule has 2 aliphatic rings. The van der Waals surface area contributed by atoms with Crippen LogP contribution >= 0.6 is 0 Å². The van der Waals surface area contributed by atoms with E-state index < -0.39 is 0 Å². The maximum atomic E-state index is 12.6. The highest BCUT2D eigenvalue weighted by atomic mass is 16.5. The van der Waals surface area contributed by atoms with Gasteiger partial charge in [-0.05, 0) is 32.6 Å². The largest absolute Gasteiger partial charge is 0.381 e. The van der Waals surface area contributed by atoms with Crippen molar-refractivity contribution in [3.63, 3.8) is 0 Å². The van der Waals surface area contributed by atoms with Gasteiger partial charge in [-0.15, -0.1) is 0 Å². The molecule has 104 valence electrons. The van der Waals surface area contributed by atoms with Gasteiger partial charge in [-0.1, -0.05) is 20.3 Å². The lowest BCUT2D eigenvalue weighted by Crippen LogP contribution is -2.53. The van der Waals surface area contributed by atoms with E-state index in [1.165, 1.54) is 0 Å². The monoisotopic (exact) mass is 254 g/mol. The number of carbonyl (C=O) groups is 1. The number of methoxy groups -OCH3 is 1. The van der Waals surface area contributed by atoms with Crippen LogP contribution in [0.1, 0.15) is 52.9 Å². The van der Waals surface area contributed by atoms with Crippen LogP contribution in [0.25, 0.3) is 0 Å². The molecule has 1 heterocycles. The van der Waals surface area contributed by atoms with Gasteiger partial charge in [-0.3, -0.25) is 10.1 Å². The smallest absolute Gasteiger partial charge is 0.244 e. The maximum absolute atomic E-state index is 12.6. The average molecular weight is 254 g/mol. The van der Waals surface area contributed by atoms with Crippen molar-refractivity contribution in [2.75, 3.05) is 7.11 Å². The van der Waals surface area contributed by atoms with Crippen molar-refractivity contribution < 1.29 is 9.53 Å². The Bertz CT molecular complexity index is 315. The Balaban J connectivity index is 2.08. The molecule has 2 unspecified atom stereocenters. The Labute approximate surface area is 110 Å². The molecule has 0 bridgehead atoms. The Morgan fingerprint density at radius 2 is 2.11 bits per heavy atom. The first-order chi connectivity index (χ1) is 8.55. The standard InChI is InChI=1S/C14H26N2O2/c1-5-7-12-15-14(3,6-2)13(17)16(12)10-8-11(9-10)18-4/h10-12,15H,5-9H2,1-4H3. The zero-order chi connectivity index (χ0) is 13.3. The van der Waals surface area contributed by atoms with Crippen LogP contribution in [0.5, 0.6) is 0 Å². The molecule has 1 aliphatic carbocycles. The van der Waals surface area contributed by atoms with Gasteiger partial charge in [0.2, 0.25) is 5.91 Å². The third-order valence-electron chi connectivity index (χ3n) is 4.59. The molecule has 0 aromatic rings. The second kappa shape index (κ2) is 5.17. The number of ether oxygens (including phenoxy) is 1. The zero-order valence-electron chi connectivity index (χ0n) is 12.0. The van der Waals surface area contributed by atoms with Crippen LogP contribution in [0.15, 0.2) is 0 Å². The lowest BCUT2D eigenvalue weighted by atomic mass is 9.86. The maximum Gasteiger partial charge on any atom is 0.244 e. The summed E-state index contributed by atoms with van der Waals surface area (Å²) in [6, 6.07) is 0.375. The second-order valence-corrected chi connectivity index (χ2v) is 5.83. The third-order valence-corrected chi connectivity index (χ3v) is 4.59. The van der Waals surface area contributed by atoms with Gasteiger partial charge >= 0.3 is 0 Å². The van der Waals surface area contributed by atoms with Gasteiger partial charge in [-0.25, -0.2) is 0 Å². The summed E-state index contributed by atoms with van der Waals surface area (Å²) in [5, 5.41) is 3.54. The van der Waals surface area contributed by atoms with E-state index in [4.69, 9.17) is 4.74 Å². The predicted molar refractivity (Wildman–Crippen MR) is 71.2 cm³/mol. The fraction of sp³-hybridized carbons (Fsp3) is 0.929. The minimum absolute atomic E-state index is 0.218. The van der Waals surface area contributed by atoms with E-state index >= 15 is 0 Å². The Morgan fingerprint density at radius 3 is 2.61 bits per heavy atom. The number of nitrogens with zero attached hydrogens (tertiary/aromatic N) is 1. The fourth-order valence-electron chi connectivity index (χ4n) is 3.04. The van der Waals surface area contributed by atoms with Crippen LogP contribution in [0, 0.1) is 0 Å². The Morgan fingerprint density at radius 1 is 1.44 bits per heavy atom. The molecule has 4 nitrogen and oxygen atoms in total. The fourth-order valence-corrected chi connectivity index (χ4v) is 3.04. The van der Waals surface area contributed by atoms with Crippen LogP contribution in [0.2, 0.25) is 0 Å². The predicted octanol–water partition coefficient (Wildman–Crippen LogP) is 1.89. The molecule has 0 radical (unpaired) electrons. The number of hydrogen-bond acceptors (Lipinski definition) is 3. The summed E-state index contributed by atoms with van der Waals surface area (Å²) in [6.45, 7) is 6.28. The van der Waals surface area contributed by atoms with Crippen molar-refractivity contribution in [1.29, 1.82) is 0 Å². The first-order valence-corrected chi connectivity index (χ1v) is 7.19. The lowest BCUT2D eigenvalue weighted by Gasteiger charge is -2.42. The highest BCUT2D eigenvalue weighted by molar-refractivity contribution is 5.88. The van der Waals surface area contributed by atoms with Crippen LogP contribution < -0.4 is 5.32 Å². The molecule has 1 saturated heterocycles. The second-order valence-electron chi connectivity index (χ2n) is 5.83. The third kappa shape index (κ3) is 2.16. The summed E-state index contributed by atoms with van der Waals surface area (Å²) in [7, 11) is 1.75. The first-order valence-electron chi connectivity index (χ1n) is 7.19. The number of nitrogens with one attached hydrogen (secondary N) is 1. The molecule has 2 fully saturated rings. The topological polar surface area (TPSA) is 41.6 Å². The summed E-state index contributed by atoms with van der Waals surface area (Å²) < 4.78 is 5.33. The van der Waals surface area contributed by atoms with Gasteiger partial charge < -0.3 is 9.64 Å². The quantitative estimate of drug-likeness (QED) is 0.814. The average Bonchev–Trinajstić information content (AvgIpc) is 2.54. The summed E-state index contributed by atoms with van der Waals surface area (Å²) in [6.07, 6.45) is 5.53. The molecular weight excluding hydrogens is 228 g/mol. The number of hydrogen-bond donors (Lipinski definition) is 1. The zero-order valence-corrected chi connectivity index (χ0v) is 12.0. The van der Waals surface area contributed by atoms with E-state index in [1.54, 1.807) is 7.11 Å². The van der Waals surface area contributed by atoms with E-state index in [0.29, 0.717) is 12.1 Å². The molecule has 18 heavy (non-hydrogen) atoms. The summed E-state index contributed by atoms with van der Waals surface area (Å²) in [4.78, 5) is 14.7. The number of amides is 1. The van der Waals surface area contributed by atoms with Crippen LogP contribution in [-0.2, 0) is 9.53 Å². The lowest BCUT2D eigenvalue weighted by molar-refractivity contribution is -0.140. The van der Waals surface area contributed by atoms with E-state index in [2.05, 4.69) is 24.1 Å². The minimum atomic E-state index is -0.363. The van der Waals surface area contributed by atoms with Gasteiger partial charge in [0.25, 0.3) is 0 Å². The molecule has 2 rings (SSSR count). The van der Waals surface area contributed by atoms with Crippen molar-refractivity contribution >= 4 is 5.91 Å². The summed E-state index contributed by atoms with van der Waals surface area (Å²) in [5.74, 6) is 0.281. The summed E-state index contributed by atoms with van der Waals surface area (Å²) >= 11 is 0. The van der Waals surface area contributed by atoms with E-state index in [0.717, 1.165) is 32.1 Å². The number of rotatable bonds is 5. The van der Waals surface area contributed by atoms with Crippen LogP contribution in [0.3, 0.4) is 0 Å². The van der Waals surface area contributed by atoms with Gasteiger partial charge in [0.1, 0.15) is 0 Å². The Kier molecular flexibility index (Phi) is 3.97. The molecule has 0 aromatic carbocycles. The molecule has 1 aliphatic heterocycles. The molecule has 1 N–H and O–H groups in total. The van der Waals surface area contributed by atoms with Gasteiger partial charge in [0.15, 0.2) is 0 Å². The van der Waals surface area contributed by atoms with E-state index in [1.807, 2.05) is 6.92 Å². The molecule has 1 amide bonds. The molecule has 2 atom stereocenters. The van der Waals surface area contributed by atoms with Crippen LogP contribution in [-0.4, -0.2) is 41.8 Å². The van der Waals surface area contributed by atoms with Gasteiger partial charge in [0.05, 0.1) is 17.8 Å². The molecule has 0 spiro atoms. The van der Waals surface area contributed by atoms with Gasteiger partial charge in [-0.2, -0.15) is 0 Å². The van der Waals surface area contributed by atoms with E-state index in [9.17, 15) is 4.79 Å². The van der Waals surface area contributed by atoms with Crippen molar-refractivity contribution in [1.82, 2.24) is 10.2 Å². The summed E-state index contributed by atoms with van der Waals surface area (Å²) in [5.41, 5.74) is -0.363. The molecule has 1 saturated carbocycles. The van der Waals surface area contributed by atoms with Gasteiger partial charge in [0, 0.05) is 13.2 Å². The first kappa shape index (κ1) is 13.8. The highest BCUT2D eigenvalue weighted by Gasteiger charge is 2.51. The SMILES string of the molecule is CCCC1NC(C)(CC)C(=O)N1C1CC(OC)C1. The molecule has 4 heteroatoms. The molecular formula is C14H26N2O2. The highest BCUT2D eigenvalue weighted by Crippen LogP contribution is 2.35. The number of carbonyl (C=O) groups excluding carboxylic acids is 1. The molecule has 0 aromatic heterocycles. The van der Waals surface area contributed by atoms with Crippen LogP contribution in [0.4, 0.5) is 0 Å². The van der Waals surface area contributed by atoms with E-state index in [-0.39, 0.29) is 17.6 Å². The van der Waals surface area contributed by atoms with Crippen molar-refractivity contribution in [2.24, 2.45) is 0 Å². The van der Waals surface area contributed by atoms with Crippen molar-refractivity contribution in [3.8, 4) is 0 Å². The van der Waals surface area contributed by atoms with Crippen molar-refractivity contribution in [2.45, 2.75) is 76.7 Å². The normalized spacial score (nSPS) is 40.1. The minimum Gasteiger partial charge on any atom is -0.381 e.